The summed E-state index contributed by atoms with van der Waals surface area (Å²) in [5, 5.41) is 18.7. The van der Waals surface area contributed by atoms with Crippen molar-refractivity contribution in [1.29, 1.82) is 0 Å². The zero-order valence-corrected chi connectivity index (χ0v) is 9.16. The van der Waals surface area contributed by atoms with Crippen molar-refractivity contribution >= 4 is 0 Å². The second kappa shape index (κ2) is 4.48. The molecule has 1 unspecified atom stereocenters. The fraction of sp³-hybridized carbons (Fsp3) is 1.00. The lowest BCUT2D eigenvalue weighted by atomic mass is 10.0. The molecule has 1 aliphatic rings. The predicted octanol–water partition coefficient (Wildman–Crippen LogP) is -0.00880. The molecule has 2 N–H and O–H groups in total. The first-order valence-corrected chi connectivity index (χ1v) is 4.90. The van der Waals surface area contributed by atoms with Gasteiger partial charge in [-0.15, -0.1) is 0 Å². The predicted molar refractivity (Wildman–Crippen MR) is 49.9 cm³/mol. The SMILES string of the molecule is CN(CC(C)(O)C(F)(F)F)[C@@H]1COC[C@H]1O. The number of aliphatic hydroxyl groups excluding tert-OH is 1. The maximum absolute atomic E-state index is 12.4. The van der Waals surface area contributed by atoms with Gasteiger partial charge < -0.3 is 14.9 Å². The van der Waals surface area contributed by atoms with E-state index >= 15 is 0 Å². The zero-order chi connectivity index (χ0) is 12.6. The summed E-state index contributed by atoms with van der Waals surface area (Å²) >= 11 is 0. The molecule has 1 saturated heterocycles. The van der Waals surface area contributed by atoms with Crippen LogP contribution < -0.4 is 0 Å². The molecule has 1 fully saturated rings. The van der Waals surface area contributed by atoms with Crippen LogP contribution in [0.4, 0.5) is 13.2 Å². The van der Waals surface area contributed by atoms with Gasteiger partial charge in [-0.25, -0.2) is 0 Å². The third-order valence-corrected chi connectivity index (χ3v) is 2.76. The number of nitrogens with zero attached hydrogens (tertiary/aromatic N) is 1. The van der Waals surface area contributed by atoms with Crippen molar-refractivity contribution < 1.29 is 28.1 Å². The van der Waals surface area contributed by atoms with Crippen LogP contribution in [-0.2, 0) is 4.74 Å². The van der Waals surface area contributed by atoms with Crippen molar-refractivity contribution in [2.75, 3.05) is 26.8 Å². The molecule has 1 rings (SSSR count). The second-order valence-corrected chi connectivity index (χ2v) is 4.36. The molecular formula is C9H16F3NO3. The Kier molecular flexibility index (Phi) is 3.83. The van der Waals surface area contributed by atoms with E-state index in [-0.39, 0.29) is 13.2 Å². The van der Waals surface area contributed by atoms with Crippen LogP contribution in [0, 0.1) is 0 Å². The Morgan fingerprint density at radius 1 is 1.38 bits per heavy atom. The monoisotopic (exact) mass is 243 g/mol. The summed E-state index contributed by atoms with van der Waals surface area (Å²) in [5.74, 6) is 0. The Balaban J connectivity index is 2.60. The number of alkyl halides is 3. The van der Waals surface area contributed by atoms with Crippen molar-refractivity contribution in [3.05, 3.63) is 0 Å². The van der Waals surface area contributed by atoms with Crippen molar-refractivity contribution in [2.45, 2.75) is 30.8 Å². The number of halogens is 3. The lowest BCUT2D eigenvalue weighted by Gasteiger charge is -2.34. The minimum Gasteiger partial charge on any atom is -0.389 e. The summed E-state index contributed by atoms with van der Waals surface area (Å²) in [6.07, 6.45) is -5.50. The molecule has 0 bridgehead atoms. The van der Waals surface area contributed by atoms with Gasteiger partial charge in [-0.05, 0) is 14.0 Å². The van der Waals surface area contributed by atoms with Crippen molar-refractivity contribution in [1.82, 2.24) is 4.90 Å². The molecule has 16 heavy (non-hydrogen) atoms. The maximum Gasteiger partial charge on any atom is 0.418 e. The average molecular weight is 243 g/mol. The van der Waals surface area contributed by atoms with Gasteiger partial charge in [0.1, 0.15) is 0 Å². The normalized spacial score (nSPS) is 30.8. The third-order valence-electron chi connectivity index (χ3n) is 2.76. The van der Waals surface area contributed by atoms with E-state index in [2.05, 4.69) is 0 Å². The van der Waals surface area contributed by atoms with Crippen LogP contribution in [0.2, 0.25) is 0 Å². The molecule has 7 heteroatoms. The van der Waals surface area contributed by atoms with Gasteiger partial charge in [-0.1, -0.05) is 0 Å². The van der Waals surface area contributed by atoms with E-state index in [0.29, 0.717) is 6.92 Å². The molecular weight excluding hydrogens is 227 g/mol. The fourth-order valence-electron chi connectivity index (χ4n) is 1.65. The van der Waals surface area contributed by atoms with Gasteiger partial charge >= 0.3 is 6.18 Å². The van der Waals surface area contributed by atoms with E-state index in [1.165, 1.54) is 11.9 Å². The van der Waals surface area contributed by atoms with E-state index in [1.807, 2.05) is 0 Å². The van der Waals surface area contributed by atoms with Gasteiger partial charge in [-0.3, -0.25) is 4.90 Å². The van der Waals surface area contributed by atoms with Crippen molar-refractivity contribution in [3.8, 4) is 0 Å². The number of rotatable bonds is 3. The third kappa shape index (κ3) is 2.85. The largest absolute Gasteiger partial charge is 0.418 e. The molecule has 0 aromatic carbocycles. The molecule has 0 aliphatic carbocycles. The highest BCUT2D eigenvalue weighted by Crippen LogP contribution is 2.31. The Morgan fingerprint density at radius 3 is 2.31 bits per heavy atom. The van der Waals surface area contributed by atoms with E-state index in [4.69, 9.17) is 4.74 Å². The number of hydrogen-bond acceptors (Lipinski definition) is 4. The van der Waals surface area contributed by atoms with Gasteiger partial charge in [0.15, 0.2) is 5.60 Å². The quantitative estimate of drug-likeness (QED) is 0.732. The molecule has 0 amide bonds. The minimum atomic E-state index is -4.69. The van der Waals surface area contributed by atoms with Gasteiger partial charge in [0.2, 0.25) is 0 Å². The van der Waals surface area contributed by atoms with Gasteiger partial charge in [-0.2, -0.15) is 13.2 Å². The smallest absolute Gasteiger partial charge is 0.389 e. The van der Waals surface area contributed by atoms with Crippen LogP contribution in [0.25, 0.3) is 0 Å². The highest BCUT2D eigenvalue weighted by atomic mass is 19.4. The Labute approximate surface area is 91.6 Å². The van der Waals surface area contributed by atoms with E-state index in [0.717, 1.165) is 0 Å². The second-order valence-electron chi connectivity index (χ2n) is 4.36. The fourth-order valence-corrected chi connectivity index (χ4v) is 1.65. The summed E-state index contributed by atoms with van der Waals surface area (Å²) in [4.78, 5) is 1.27. The van der Waals surface area contributed by atoms with Crippen LogP contribution in [0.15, 0.2) is 0 Å². The minimum absolute atomic E-state index is 0.114. The van der Waals surface area contributed by atoms with E-state index < -0.39 is 30.5 Å². The van der Waals surface area contributed by atoms with Crippen LogP contribution in [-0.4, -0.2) is 65.8 Å². The van der Waals surface area contributed by atoms with Crippen LogP contribution in [0.5, 0.6) is 0 Å². The van der Waals surface area contributed by atoms with Crippen molar-refractivity contribution in [2.24, 2.45) is 0 Å². The highest BCUT2D eigenvalue weighted by Gasteiger charge is 2.51. The number of ether oxygens (including phenoxy) is 1. The lowest BCUT2D eigenvalue weighted by molar-refractivity contribution is -0.258. The van der Waals surface area contributed by atoms with E-state index in [9.17, 15) is 23.4 Å². The molecule has 0 spiro atoms. The van der Waals surface area contributed by atoms with E-state index in [1.54, 1.807) is 0 Å². The summed E-state index contributed by atoms with van der Waals surface area (Å²) in [7, 11) is 1.42. The first-order valence-electron chi connectivity index (χ1n) is 4.90. The molecule has 96 valence electrons. The molecule has 1 heterocycles. The standard InChI is InChI=1S/C9H16F3NO3/c1-8(15,9(10,11)12)5-13(2)6-3-16-4-7(6)14/h6-7,14-15H,3-5H2,1-2H3/t6-,7-,8?/m1/s1. The Bertz CT molecular complexity index is 245. The first kappa shape index (κ1) is 13.7. The van der Waals surface area contributed by atoms with Crippen LogP contribution >= 0.6 is 0 Å². The topological polar surface area (TPSA) is 52.9 Å². The Hall–Kier alpha value is -0.370. The first-order chi connectivity index (χ1) is 7.15. The molecule has 0 saturated carbocycles. The Morgan fingerprint density at radius 2 is 1.94 bits per heavy atom. The van der Waals surface area contributed by atoms with Crippen LogP contribution in [0.1, 0.15) is 6.92 Å². The van der Waals surface area contributed by atoms with Crippen molar-refractivity contribution in [3.63, 3.8) is 0 Å². The number of likely N-dealkylation sites (N-methyl/N-ethyl adjacent to an activating group) is 1. The van der Waals surface area contributed by atoms with Gasteiger partial charge in [0.05, 0.1) is 25.4 Å². The molecule has 3 atom stereocenters. The summed E-state index contributed by atoms with van der Waals surface area (Å²) < 4.78 is 42.2. The summed E-state index contributed by atoms with van der Waals surface area (Å²) in [6, 6.07) is -0.506. The number of hydrogen-bond donors (Lipinski definition) is 2. The summed E-state index contributed by atoms with van der Waals surface area (Å²) in [5.41, 5.74) is -2.79. The maximum atomic E-state index is 12.4. The summed E-state index contributed by atoms with van der Waals surface area (Å²) in [6.45, 7) is 0.405. The van der Waals surface area contributed by atoms with Gasteiger partial charge in [0.25, 0.3) is 0 Å². The molecule has 0 aromatic heterocycles. The van der Waals surface area contributed by atoms with Crippen LogP contribution in [0.3, 0.4) is 0 Å². The lowest BCUT2D eigenvalue weighted by Crippen LogP contribution is -2.54. The molecule has 1 aliphatic heterocycles. The van der Waals surface area contributed by atoms with Gasteiger partial charge in [0, 0.05) is 6.54 Å². The highest BCUT2D eigenvalue weighted by molar-refractivity contribution is 4.89. The molecule has 4 nitrogen and oxygen atoms in total. The molecule has 0 aromatic rings. The zero-order valence-electron chi connectivity index (χ0n) is 9.16. The number of aliphatic hydroxyl groups is 2. The molecule has 0 radical (unpaired) electrons. The average Bonchev–Trinajstić information content (AvgIpc) is 2.48.